The minimum atomic E-state index is -0.361. The topological polar surface area (TPSA) is 47.6 Å². The van der Waals surface area contributed by atoms with Crippen molar-refractivity contribution in [1.29, 1.82) is 0 Å². The van der Waals surface area contributed by atoms with Crippen LogP contribution < -0.4 is 10.1 Å². The first kappa shape index (κ1) is 21.1. The van der Waals surface area contributed by atoms with Gasteiger partial charge in [-0.15, -0.1) is 11.6 Å². The molecular weight excluding hydrogens is 466 g/mol. The van der Waals surface area contributed by atoms with E-state index in [0.29, 0.717) is 18.4 Å². The Balaban J connectivity index is 1.74. The molecule has 6 heteroatoms. The van der Waals surface area contributed by atoms with Crippen LogP contribution in [-0.4, -0.2) is 30.1 Å². The third-order valence-electron chi connectivity index (χ3n) is 9.15. The summed E-state index contributed by atoms with van der Waals surface area (Å²) in [5.74, 6) is 1.75. The van der Waals surface area contributed by atoms with E-state index in [1.54, 1.807) is 7.11 Å². The van der Waals surface area contributed by atoms with Gasteiger partial charge in [-0.1, -0.05) is 27.7 Å². The fourth-order valence-electron chi connectivity index (χ4n) is 7.21. The Bertz CT molecular complexity index is 934. The standard InChI is InChI=1S/C24H31BrClNO3/c1-12-6-7-17-22(2,3)20(26)16(29-5)10-24(17)23(12,4)9-13-8-15(25)18-14(19(13)30-24)11-27-21(18)28/h8,12,16-17,20H,6-7,9-11H2,1-5H3,(H,27,28)/t12-,16?,17-,20?,23+,24-/m0/s1. The lowest BCUT2D eigenvalue weighted by atomic mass is 9.43. The molecule has 30 heavy (non-hydrogen) atoms. The van der Waals surface area contributed by atoms with Gasteiger partial charge in [-0.05, 0) is 58.2 Å². The molecule has 0 saturated heterocycles. The predicted molar refractivity (Wildman–Crippen MR) is 121 cm³/mol. The van der Waals surface area contributed by atoms with Gasteiger partial charge in [0.1, 0.15) is 11.4 Å². The Hall–Kier alpha value is -0.780. The number of rotatable bonds is 1. The molecule has 4 nitrogen and oxygen atoms in total. The number of alkyl halides is 1. The van der Waals surface area contributed by atoms with Crippen molar-refractivity contribution in [1.82, 2.24) is 5.32 Å². The van der Waals surface area contributed by atoms with Crippen molar-refractivity contribution < 1.29 is 14.3 Å². The number of ether oxygens (including phenoxy) is 2. The number of carbonyl (C=O) groups is 1. The van der Waals surface area contributed by atoms with Crippen molar-refractivity contribution >= 4 is 33.4 Å². The third kappa shape index (κ3) is 2.46. The van der Waals surface area contributed by atoms with Crippen LogP contribution in [0, 0.1) is 22.7 Å². The molecule has 1 spiro atoms. The monoisotopic (exact) mass is 495 g/mol. The lowest BCUT2D eigenvalue weighted by Crippen LogP contribution is -2.72. The maximum Gasteiger partial charge on any atom is 0.253 e. The molecule has 2 saturated carbocycles. The summed E-state index contributed by atoms with van der Waals surface area (Å²) in [5, 5.41) is 2.93. The highest BCUT2D eigenvalue weighted by atomic mass is 79.9. The van der Waals surface area contributed by atoms with Crippen molar-refractivity contribution in [2.24, 2.45) is 22.7 Å². The number of benzene rings is 1. The number of nitrogens with one attached hydrogen (secondary N) is 1. The average molecular weight is 497 g/mol. The molecule has 2 aliphatic carbocycles. The molecule has 164 valence electrons. The van der Waals surface area contributed by atoms with Crippen LogP contribution in [0.25, 0.3) is 0 Å². The van der Waals surface area contributed by atoms with Crippen molar-refractivity contribution in [2.75, 3.05) is 7.11 Å². The molecule has 1 aromatic rings. The van der Waals surface area contributed by atoms with Gasteiger partial charge in [-0.2, -0.15) is 0 Å². The largest absolute Gasteiger partial charge is 0.486 e. The summed E-state index contributed by atoms with van der Waals surface area (Å²) in [4.78, 5) is 12.5. The van der Waals surface area contributed by atoms with E-state index in [-0.39, 0.29) is 33.8 Å². The van der Waals surface area contributed by atoms with E-state index in [0.717, 1.165) is 40.6 Å². The second kappa shape index (κ2) is 6.62. The fourth-order valence-corrected chi connectivity index (χ4v) is 8.25. The van der Waals surface area contributed by atoms with E-state index in [1.807, 2.05) is 0 Å². The molecular formula is C24H31BrClNO3. The van der Waals surface area contributed by atoms with Crippen LogP contribution in [0.2, 0.25) is 0 Å². The van der Waals surface area contributed by atoms with Gasteiger partial charge in [-0.3, -0.25) is 4.79 Å². The van der Waals surface area contributed by atoms with Crippen LogP contribution in [0.5, 0.6) is 5.75 Å². The molecule has 0 bridgehead atoms. The first-order chi connectivity index (χ1) is 14.1. The molecule has 0 aromatic heterocycles. The summed E-state index contributed by atoms with van der Waals surface area (Å²) < 4.78 is 14.0. The van der Waals surface area contributed by atoms with Crippen LogP contribution >= 0.6 is 27.5 Å². The molecule has 2 heterocycles. The van der Waals surface area contributed by atoms with Crippen molar-refractivity contribution in [3.8, 4) is 5.75 Å². The van der Waals surface area contributed by atoms with E-state index < -0.39 is 0 Å². The maximum absolute atomic E-state index is 12.5. The Kier molecular flexibility index (Phi) is 4.65. The zero-order valence-corrected chi connectivity index (χ0v) is 20.7. The van der Waals surface area contributed by atoms with Gasteiger partial charge in [-0.25, -0.2) is 0 Å². The van der Waals surface area contributed by atoms with Crippen molar-refractivity contribution in [2.45, 2.75) is 77.0 Å². The van der Waals surface area contributed by atoms with E-state index in [4.69, 9.17) is 21.1 Å². The number of fused-ring (bicyclic) bond motifs is 3. The van der Waals surface area contributed by atoms with E-state index in [2.05, 4.69) is 55.0 Å². The second-order valence-electron chi connectivity index (χ2n) is 10.7. The van der Waals surface area contributed by atoms with Gasteiger partial charge in [0.15, 0.2) is 0 Å². The summed E-state index contributed by atoms with van der Waals surface area (Å²) in [6.45, 7) is 9.89. The minimum Gasteiger partial charge on any atom is -0.486 e. The zero-order chi connectivity index (χ0) is 21.6. The number of carbonyl (C=O) groups excluding carboxylic acids is 1. The number of hydrogen-bond acceptors (Lipinski definition) is 3. The Morgan fingerprint density at radius 2 is 2.03 bits per heavy atom. The molecule has 4 aliphatic rings. The molecule has 0 radical (unpaired) electrons. The summed E-state index contributed by atoms with van der Waals surface area (Å²) >= 11 is 10.6. The third-order valence-corrected chi connectivity index (χ3v) is 10.6. The van der Waals surface area contributed by atoms with Crippen LogP contribution in [0.1, 0.15) is 68.4 Å². The molecule has 1 N–H and O–H groups in total. The molecule has 5 rings (SSSR count). The lowest BCUT2D eigenvalue weighted by molar-refractivity contribution is -0.231. The summed E-state index contributed by atoms with van der Waals surface area (Å²) in [5.41, 5.74) is 2.42. The van der Waals surface area contributed by atoms with Crippen LogP contribution in [0.3, 0.4) is 0 Å². The molecule has 1 aromatic carbocycles. The Labute approximate surface area is 192 Å². The van der Waals surface area contributed by atoms with Gasteiger partial charge < -0.3 is 14.8 Å². The number of halogens is 2. The predicted octanol–water partition coefficient (Wildman–Crippen LogP) is 5.47. The highest BCUT2D eigenvalue weighted by molar-refractivity contribution is 9.10. The highest BCUT2D eigenvalue weighted by Gasteiger charge is 2.69. The average Bonchev–Trinajstić information content (AvgIpc) is 3.07. The van der Waals surface area contributed by atoms with Crippen molar-refractivity contribution in [3.05, 3.63) is 27.2 Å². The van der Waals surface area contributed by atoms with Gasteiger partial charge in [0, 0.05) is 41.4 Å². The smallest absolute Gasteiger partial charge is 0.253 e. The lowest BCUT2D eigenvalue weighted by Gasteiger charge is -2.68. The van der Waals surface area contributed by atoms with Gasteiger partial charge in [0.2, 0.25) is 0 Å². The van der Waals surface area contributed by atoms with Crippen molar-refractivity contribution in [3.63, 3.8) is 0 Å². The van der Waals surface area contributed by atoms with E-state index in [9.17, 15) is 4.79 Å². The molecule has 2 aliphatic heterocycles. The minimum absolute atomic E-state index is 0.0257. The van der Waals surface area contributed by atoms with Gasteiger partial charge >= 0.3 is 0 Å². The quantitative estimate of drug-likeness (QED) is 0.524. The Morgan fingerprint density at radius 3 is 2.73 bits per heavy atom. The number of methoxy groups -OCH3 is 1. The number of hydrogen-bond donors (Lipinski definition) is 1. The highest BCUT2D eigenvalue weighted by Crippen LogP contribution is 2.67. The van der Waals surface area contributed by atoms with Crippen LogP contribution in [-0.2, 0) is 17.7 Å². The maximum atomic E-state index is 12.5. The first-order valence-corrected chi connectivity index (χ1v) is 12.3. The number of amides is 1. The molecule has 2 unspecified atom stereocenters. The van der Waals surface area contributed by atoms with E-state index >= 15 is 0 Å². The van der Waals surface area contributed by atoms with Crippen LogP contribution in [0.4, 0.5) is 0 Å². The molecule has 2 fully saturated rings. The zero-order valence-electron chi connectivity index (χ0n) is 18.4. The summed E-state index contributed by atoms with van der Waals surface area (Å²) in [6, 6.07) is 2.11. The fraction of sp³-hybridized carbons (Fsp3) is 0.708. The normalized spacial score (nSPS) is 41.1. The van der Waals surface area contributed by atoms with Gasteiger partial charge in [0.25, 0.3) is 5.91 Å². The first-order valence-electron chi connectivity index (χ1n) is 11.0. The summed E-state index contributed by atoms with van der Waals surface area (Å²) in [7, 11) is 1.77. The van der Waals surface area contributed by atoms with Crippen LogP contribution in [0.15, 0.2) is 10.5 Å². The second-order valence-corrected chi connectivity index (χ2v) is 12.0. The Morgan fingerprint density at radius 1 is 1.30 bits per heavy atom. The van der Waals surface area contributed by atoms with Gasteiger partial charge in [0.05, 0.1) is 17.0 Å². The molecule has 1 amide bonds. The SMILES string of the molecule is COC1C[C@@]23Oc4c(cc(Br)c5c4CNC5=O)C[C@]2(C)[C@@H](C)CC[C@H]3C(C)(C)C1Cl. The summed E-state index contributed by atoms with van der Waals surface area (Å²) in [6.07, 6.45) is 3.96. The molecule has 6 atom stereocenters. The van der Waals surface area contributed by atoms with E-state index in [1.165, 1.54) is 12.0 Å².